The van der Waals surface area contributed by atoms with Crippen molar-refractivity contribution in [2.24, 2.45) is 5.73 Å². The minimum Gasteiger partial charge on any atom is -0.492 e. The van der Waals surface area contributed by atoms with Gasteiger partial charge in [0.05, 0.1) is 12.1 Å². The Labute approximate surface area is 164 Å². The van der Waals surface area contributed by atoms with Crippen molar-refractivity contribution < 1.29 is 19.1 Å². The SMILES string of the molecule is CN(CCOc1ccc(Br)cc1)C(=O)COc1cc(Cl)ccc1C(N)=O. The summed E-state index contributed by atoms with van der Waals surface area (Å²) in [5, 5.41) is 0.383. The summed E-state index contributed by atoms with van der Waals surface area (Å²) in [5.74, 6) is -0.0200. The molecule has 2 N–H and O–H groups in total. The molecule has 2 rings (SSSR count). The fourth-order valence-corrected chi connectivity index (χ4v) is 2.45. The van der Waals surface area contributed by atoms with Gasteiger partial charge in [-0.1, -0.05) is 27.5 Å². The highest BCUT2D eigenvalue weighted by atomic mass is 79.9. The Morgan fingerprint density at radius 2 is 1.85 bits per heavy atom. The van der Waals surface area contributed by atoms with E-state index in [4.69, 9.17) is 26.8 Å². The number of likely N-dealkylation sites (N-methyl/N-ethyl adjacent to an activating group) is 1. The molecular weight excluding hydrogens is 424 g/mol. The predicted molar refractivity (Wildman–Crippen MR) is 103 cm³/mol. The Kier molecular flexibility index (Phi) is 7.29. The van der Waals surface area contributed by atoms with E-state index in [9.17, 15) is 9.59 Å². The summed E-state index contributed by atoms with van der Waals surface area (Å²) in [5.41, 5.74) is 5.45. The summed E-state index contributed by atoms with van der Waals surface area (Å²) in [6.07, 6.45) is 0. The number of amides is 2. The molecule has 0 spiro atoms. The minimum atomic E-state index is -0.652. The Morgan fingerprint density at radius 1 is 1.15 bits per heavy atom. The Hall–Kier alpha value is -2.25. The van der Waals surface area contributed by atoms with Crippen molar-refractivity contribution in [2.45, 2.75) is 0 Å². The zero-order chi connectivity index (χ0) is 19.1. The molecule has 2 amide bonds. The van der Waals surface area contributed by atoms with Gasteiger partial charge in [-0.3, -0.25) is 9.59 Å². The average molecular weight is 442 g/mol. The van der Waals surface area contributed by atoms with Crippen molar-refractivity contribution in [3.05, 3.63) is 57.5 Å². The van der Waals surface area contributed by atoms with E-state index in [2.05, 4.69) is 15.9 Å². The first-order chi connectivity index (χ1) is 12.4. The fourth-order valence-electron chi connectivity index (χ4n) is 2.02. The lowest BCUT2D eigenvalue weighted by Crippen LogP contribution is -2.34. The molecule has 0 aliphatic rings. The molecule has 138 valence electrons. The monoisotopic (exact) mass is 440 g/mol. The highest BCUT2D eigenvalue weighted by Crippen LogP contribution is 2.23. The fraction of sp³-hybridized carbons (Fsp3) is 0.222. The number of hydrogen-bond acceptors (Lipinski definition) is 4. The highest BCUT2D eigenvalue weighted by Gasteiger charge is 2.14. The normalized spacial score (nSPS) is 10.3. The van der Waals surface area contributed by atoms with Gasteiger partial charge in [-0.2, -0.15) is 0 Å². The first kappa shape index (κ1) is 20.1. The number of nitrogens with zero attached hydrogens (tertiary/aromatic N) is 1. The highest BCUT2D eigenvalue weighted by molar-refractivity contribution is 9.10. The van der Waals surface area contributed by atoms with Gasteiger partial charge >= 0.3 is 0 Å². The van der Waals surface area contributed by atoms with Gasteiger partial charge in [-0.25, -0.2) is 0 Å². The van der Waals surface area contributed by atoms with Crippen molar-refractivity contribution >= 4 is 39.3 Å². The summed E-state index contributed by atoms with van der Waals surface area (Å²) in [6.45, 7) is 0.486. The van der Waals surface area contributed by atoms with Crippen molar-refractivity contribution in [1.82, 2.24) is 4.90 Å². The van der Waals surface area contributed by atoms with Crippen LogP contribution in [0.15, 0.2) is 46.9 Å². The lowest BCUT2D eigenvalue weighted by atomic mass is 10.2. The van der Waals surface area contributed by atoms with E-state index in [1.807, 2.05) is 24.3 Å². The molecule has 0 bridgehead atoms. The van der Waals surface area contributed by atoms with Gasteiger partial charge in [0.25, 0.3) is 11.8 Å². The molecule has 0 saturated carbocycles. The zero-order valence-corrected chi connectivity index (χ0v) is 16.4. The Morgan fingerprint density at radius 3 is 2.50 bits per heavy atom. The largest absolute Gasteiger partial charge is 0.492 e. The molecule has 0 radical (unpaired) electrons. The number of primary amides is 1. The maximum atomic E-state index is 12.2. The molecule has 0 fully saturated rings. The molecule has 2 aromatic carbocycles. The van der Waals surface area contributed by atoms with Crippen molar-refractivity contribution in [3.8, 4) is 11.5 Å². The van der Waals surface area contributed by atoms with Crippen LogP contribution in [0.25, 0.3) is 0 Å². The van der Waals surface area contributed by atoms with Gasteiger partial charge in [-0.15, -0.1) is 0 Å². The number of halogens is 2. The number of carbonyl (C=O) groups excluding carboxylic acids is 2. The van der Waals surface area contributed by atoms with Gasteiger partial charge in [0, 0.05) is 16.5 Å². The van der Waals surface area contributed by atoms with E-state index in [0.717, 1.165) is 10.2 Å². The first-order valence-electron chi connectivity index (χ1n) is 7.71. The van der Waals surface area contributed by atoms with Gasteiger partial charge in [0.1, 0.15) is 18.1 Å². The van der Waals surface area contributed by atoms with Gasteiger partial charge in [0.15, 0.2) is 6.61 Å². The number of nitrogens with two attached hydrogens (primary N) is 1. The molecule has 26 heavy (non-hydrogen) atoms. The second-order valence-corrected chi connectivity index (χ2v) is 6.76. The molecule has 0 unspecified atom stereocenters. The van der Waals surface area contributed by atoms with Crippen LogP contribution in [-0.4, -0.2) is 43.5 Å². The third-order valence-electron chi connectivity index (χ3n) is 3.50. The van der Waals surface area contributed by atoms with Crippen LogP contribution in [0.3, 0.4) is 0 Å². The van der Waals surface area contributed by atoms with Gasteiger partial charge in [0.2, 0.25) is 0 Å². The quantitative estimate of drug-likeness (QED) is 0.682. The van der Waals surface area contributed by atoms with E-state index in [1.54, 1.807) is 7.05 Å². The Balaban J connectivity index is 1.83. The number of hydrogen-bond donors (Lipinski definition) is 1. The second kappa shape index (κ2) is 9.45. The molecule has 0 atom stereocenters. The second-order valence-electron chi connectivity index (χ2n) is 5.41. The number of rotatable bonds is 8. The van der Waals surface area contributed by atoms with Gasteiger partial charge < -0.3 is 20.1 Å². The zero-order valence-electron chi connectivity index (χ0n) is 14.1. The van der Waals surface area contributed by atoms with E-state index in [0.29, 0.717) is 18.2 Å². The molecule has 6 nitrogen and oxygen atoms in total. The maximum Gasteiger partial charge on any atom is 0.260 e. The summed E-state index contributed by atoms with van der Waals surface area (Å²) < 4.78 is 12.0. The van der Waals surface area contributed by atoms with E-state index in [1.165, 1.54) is 23.1 Å². The van der Waals surface area contributed by atoms with Gasteiger partial charge in [-0.05, 0) is 42.5 Å². The lowest BCUT2D eigenvalue weighted by molar-refractivity contribution is -0.132. The minimum absolute atomic E-state index is 0.170. The van der Waals surface area contributed by atoms with Crippen molar-refractivity contribution in [1.29, 1.82) is 0 Å². The topological polar surface area (TPSA) is 81.9 Å². The summed E-state index contributed by atoms with van der Waals surface area (Å²) >= 11 is 9.24. The molecule has 0 aliphatic carbocycles. The molecule has 0 heterocycles. The third kappa shape index (κ3) is 5.93. The molecule has 0 aliphatic heterocycles. The smallest absolute Gasteiger partial charge is 0.260 e. The molecule has 0 saturated heterocycles. The van der Waals surface area contributed by atoms with Crippen molar-refractivity contribution in [2.75, 3.05) is 26.8 Å². The van der Waals surface area contributed by atoms with E-state index in [-0.39, 0.29) is 23.8 Å². The van der Waals surface area contributed by atoms with E-state index < -0.39 is 5.91 Å². The van der Waals surface area contributed by atoms with Crippen LogP contribution in [0, 0.1) is 0 Å². The van der Waals surface area contributed by atoms with E-state index >= 15 is 0 Å². The molecule has 0 aromatic heterocycles. The number of benzene rings is 2. The van der Waals surface area contributed by atoms with Crippen LogP contribution in [0.5, 0.6) is 11.5 Å². The summed E-state index contributed by atoms with van der Waals surface area (Å²) in [4.78, 5) is 25.0. The van der Waals surface area contributed by atoms with Crippen LogP contribution < -0.4 is 15.2 Å². The maximum absolute atomic E-state index is 12.2. The standard InChI is InChI=1S/C18H18BrClN2O4/c1-22(8-9-25-14-5-2-12(19)3-6-14)17(23)11-26-16-10-13(20)4-7-15(16)18(21)24/h2-7,10H,8-9,11H2,1H3,(H2,21,24). The van der Waals surface area contributed by atoms with Crippen LogP contribution in [0.2, 0.25) is 5.02 Å². The summed E-state index contributed by atoms with van der Waals surface area (Å²) in [7, 11) is 1.64. The average Bonchev–Trinajstić information content (AvgIpc) is 2.61. The van der Waals surface area contributed by atoms with Crippen LogP contribution in [0.1, 0.15) is 10.4 Å². The first-order valence-corrected chi connectivity index (χ1v) is 8.88. The molecular formula is C18H18BrClN2O4. The number of carbonyl (C=O) groups is 2. The summed E-state index contributed by atoms with van der Waals surface area (Å²) in [6, 6.07) is 11.9. The predicted octanol–water partition coefficient (Wildman–Crippen LogP) is 3.12. The molecule has 2 aromatic rings. The Bertz CT molecular complexity index is 783. The number of ether oxygens (including phenoxy) is 2. The van der Waals surface area contributed by atoms with Crippen LogP contribution in [-0.2, 0) is 4.79 Å². The van der Waals surface area contributed by atoms with Crippen LogP contribution in [0.4, 0.5) is 0 Å². The third-order valence-corrected chi connectivity index (χ3v) is 4.26. The lowest BCUT2D eigenvalue weighted by Gasteiger charge is -2.18. The molecule has 8 heteroatoms. The van der Waals surface area contributed by atoms with Crippen LogP contribution >= 0.6 is 27.5 Å². The van der Waals surface area contributed by atoms with Crippen molar-refractivity contribution in [3.63, 3.8) is 0 Å².